The Kier molecular flexibility index (Phi) is 4.15. The Bertz CT molecular complexity index is 869. The Morgan fingerprint density at radius 2 is 1.88 bits per heavy atom. The Hall–Kier alpha value is -3.33. The molecule has 1 unspecified atom stereocenters. The second kappa shape index (κ2) is 6.29. The van der Waals surface area contributed by atoms with Gasteiger partial charge in [-0.1, -0.05) is 12.1 Å². The number of nitrogens with zero attached hydrogens (tertiary/aromatic N) is 2. The quantitative estimate of drug-likeness (QED) is 0.428. The highest BCUT2D eigenvalue weighted by atomic mass is 19.1. The van der Waals surface area contributed by atoms with Gasteiger partial charge in [0.05, 0.1) is 11.3 Å². The van der Waals surface area contributed by atoms with E-state index in [1.807, 2.05) is 0 Å². The third-order valence-electron chi connectivity index (χ3n) is 3.70. The van der Waals surface area contributed by atoms with Crippen LogP contribution >= 0.6 is 0 Å². The molecule has 2 heterocycles. The zero-order valence-electron chi connectivity index (χ0n) is 12.6. The van der Waals surface area contributed by atoms with Crippen molar-refractivity contribution in [1.29, 1.82) is 0 Å². The molecular formula is C16H12FN3O5. The lowest BCUT2D eigenvalue weighted by molar-refractivity contribution is -0.159. The molecule has 3 rings (SSSR count). The average molecular weight is 345 g/mol. The van der Waals surface area contributed by atoms with Gasteiger partial charge in [-0.2, -0.15) is 5.06 Å². The van der Waals surface area contributed by atoms with Crippen LogP contribution in [0.5, 0.6) is 5.88 Å². The number of imide groups is 1. The van der Waals surface area contributed by atoms with E-state index in [0.717, 1.165) is 12.1 Å². The highest BCUT2D eigenvalue weighted by molar-refractivity contribution is 6.17. The van der Waals surface area contributed by atoms with Crippen LogP contribution in [-0.2, 0) is 16.1 Å². The summed E-state index contributed by atoms with van der Waals surface area (Å²) in [5.41, 5.74) is 0.178. The summed E-state index contributed by atoms with van der Waals surface area (Å²) in [6, 6.07) is 7.62. The van der Waals surface area contributed by atoms with Crippen molar-refractivity contribution in [3.05, 3.63) is 59.0 Å². The molecule has 0 spiro atoms. The van der Waals surface area contributed by atoms with Crippen LogP contribution in [0.25, 0.3) is 0 Å². The van der Waals surface area contributed by atoms with Gasteiger partial charge < -0.3 is 10.4 Å². The Morgan fingerprint density at radius 3 is 2.56 bits per heavy atom. The largest absolute Gasteiger partial charge is 0.493 e. The Morgan fingerprint density at radius 1 is 1.20 bits per heavy atom. The summed E-state index contributed by atoms with van der Waals surface area (Å²) in [5, 5.41) is 21.4. The molecule has 8 nitrogen and oxygen atoms in total. The van der Waals surface area contributed by atoms with E-state index in [9.17, 15) is 29.1 Å². The van der Waals surface area contributed by atoms with E-state index in [1.165, 1.54) is 24.3 Å². The molecule has 0 bridgehead atoms. The van der Waals surface area contributed by atoms with Gasteiger partial charge in [0.15, 0.2) is 5.92 Å². The van der Waals surface area contributed by atoms with Crippen molar-refractivity contribution in [3.8, 4) is 5.88 Å². The van der Waals surface area contributed by atoms with Crippen LogP contribution in [0.4, 0.5) is 4.39 Å². The third kappa shape index (κ3) is 3.04. The molecule has 0 fully saturated rings. The maximum Gasteiger partial charge on any atom is 0.286 e. The summed E-state index contributed by atoms with van der Waals surface area (Å²) in [6.07, 6.45) is 0. The number of rotatable bonds is 3. The zero-order valence-corrected chi connectivity index (χ0v) is 12.6. The minimum atomic E-state index is -1.59. The molecule has 1 aromatic heterocycles. The number of halogens is 1. The molecule has 3 amide bonds. The van der Waals surface area contributed by atoms with Crippen LogP contribution in [0.2, 0.25) is 0 Å². The van der Waals surface area contributed by atoms with Crippen LogP contribution in [0.1, 0.15) is 27.5 Å². The lowest BCUT2D eigenvalue weighted by Gasteiger charge is -2.26. The number of aromatic nitrogens is 1. The molecule has 0 aliphatic carbocycles. The molecule has 9 heteroatoms. The molecule has 0 saturated heterocycles. The third-order valence-corrected chi connectivity index (χ3v) is 3.70. The Labute approximate surface area is 140 Å². The summed E-state index contributed by atoms with van der Waals surface area (Å²) in [4.78, 5) is 40.1. The van der Waals surface area contributed by atoms with Gasteiger partial charge in [0, 0.05) is 12.6 Å². The van der Waals surface area contributed by atoms with Gasteiger partial charge in [0.1, 0.15) is 5.82 Å². The molecule has 128 valence electrons. The molecule has 0 saturated carbocycles. The fourth-order valence-electron chi connectivity index (χ4n) is 2.45. The standard InChI is InChI=1S/C16H12FN3O5/c17-9-3-1-8(2-4-9)7-18-14(22)12-13-10(5-6-11(21)19-13)15(23)20(25)16(12)24/h1-6,12,25H,7H2,(H,18,22)(H,19,21). The number of nitrogens with one attached hydrogen (secondary N) is 1. The number of hydrogen-bond donors (Lipinski definition) is 3. The van der Waals surface area contributed by atoms with Crippen molar-refractivity contribution in [1.82, 2.24) is 15.4 Å². The van der Waals surface area contributed by atoms with Crippen LogP contribution < -0.4 is 5.32 Å². The van der Waals surface area contributed by atoms with Crippen molar-refractivity contribution in [2.75, 3.05) is 0 Å². The van der Waals surface area contributed by atoms with Gasteiger partial charge in [-0.15, -0.1) is 0 Å². The first-order valence-corrected chi connectivity index (χ1v) is 7.17. The van der Waals surface area contributed by atoms with E-state index < -0.39 is 35.3 Å². The van der Waals surface area contributed by atoms with E-state index in [-0.39, 0.29) is 22.9 Å². The minimum absolute atomic E-state index is 0.00355. The van der Waals surface area contributed by atoms with Crippen molar-refractivity contribution < 1.29 is 29.1 Å². The van der Waals surface area contributed by atoms with Gasteiger partial charge in [-0.3, -0.25) is 19.6 Å². The molecular weight excluding hydrogens is 333 g/mol. The van der Waals surface area contributed by atoms with Crippen LogP contribution in [0.3, 0.4) is 0 Å². The summed E-state index contributed by atoms with van der Waals surface area (Å²) in [7, 11) is 0. The van der Waals surface area contributed by atoms with E-state index in [2.05, 4.69) is 10.3 Å². The van der Waals surface area contributed by atoms with E-state index in [1.54, 1.807) is 0 Å². The van der Waals surface area contributed by atoms with Gasteiger partial charge in [0.2, 0.25) is 11.8 Å². The van der Waals surface area contributed by atoms with Crippen molar-refractivity contribution in [3.63, 3.8) is 0 Å². The smallest absolute Gasteiger partial charge is 0.286 e. The minimum Gasteiger partial charge on any atom is -0.493 e. The van der Waals surface area contributed by atoms with Crippen LogP contribution in [0, 0.1) is 5.82 Å². The lowest BCUT2D eigenvalue weighted by Crippen LogP contribution is -2.48. The summed E-state index contributed by atoms with van der Waals surface area (Å²) in [5.74, 6) is -5.52. The highest BCUT2D eigenvalue weighted by Gasteiger charge is 2.44. The first kappa shape index (κ1) is 16.5. The normalized spacial score (nSPS) is 16.6. The molecule has 3 N–H and O–H groups in total. The number of amides is 3. The number of carbonyl (C=O) groups excluding carboxylic acids is 3. The van der Waals surface area contributed by atoms with Crippen LogP contribution in [0.15, 0.2) is 36.4 Å². The SMILES string of the molecule is O=C(NCc1ccc(F)cc1)C1C(=O)N(O)C(=O)c2ccc(O)nc21. The van der Waals surface area contributed by atoms with Crippen molar-refractivity contribution >= 4 is 17.7 Å². The fraction of sp³-hybridized carbons (Fsp3) is 0.125. The first-order valence-electron chi connectivity index (χ1n) is 7.17. The van der Waals surface area contributed by atoms with Gasteiger partial charge in [-0.25, -0.2) is 9.37 Å². The van der Waals surface area contributed by atoms with Gasteiger partial charge in [-0.05, 0) is 23.8 Å². The lowest BCUT2D eigenvalue weighted by atomic mass is 9.93. The molecule has 1 aromatic carbocycles. The summed E-state index contributed by atoms with van der Waals surface area (Å²) in [6.45, 7) is -0.00355. The summed E-state index contributed by atoms with van der Waals surface area (Å²) < 4.78 is 12.9. The molecule has 1 aliphatic rings. The molecule has 25 heavy (non-hydrogen) atoms. The highest BCUT2D eigenvalue weighted by Crippen LogP contribution is 2.29. The fourth-order valence-corrected chi connectivity index (χ4v) is 2.45. The maximum atomic E-state index is 12.9. The van der Waals surface area contributed by atoms with Gasteiger partial charge >= 0.3 is 0 Å². The number of fused-ring (bicyclic) bond motifs is 1. The first-order chi connectivity index (χ1) is 11.9. The van der Waals surface area contributed by atoms with Crippen molar-refractivity contribution in [2.24, 2.45) is 0 Å². The molecule has 1 aliphatic heterocycles. The number of hydroxylamine groups is 2. The maximum absolute atomic E-state index is 12.9. The topological polar surface area (TPSA) is 120 Å². The van der Waals surface area contributed by atoms with Crippen LogP contribution in [-0.4, -0.2) is 38.1 Å². The second-order valence-electron chi connectivity index (χ2n) is 5.33. The van der Waals surface area contributed by atoms with E-state index in [4.69, 9.17) is 0 Å². The Balaban J connectivity index is 1.87. The van der Waals surface area contributed by atoms with Crippen molar-refractivity contribution in [2.45, 2.75) is 12.5 Å². The number of pyridine rings is 1. The monoisotopic (exact) mass is 345 g/mol. The second-order valence-corrected chi connectivity index (χ2v) is 5.33. The van der Waals surface area contributed by atoms with Gasteiger partial charge in [0.25, 0.3) is 11.8 Å². The number of aromatic hydroxyl groups is 1. The molecule has 1 atom stereocenters. The number of hydrogen-bond acceptors (Lipinski definition) is 6. The number of benzene rings is 1. The molecule has 0 radical (unpaired) electrons. The zero-order chi connectivity index (χ0) is 18.1. The average Bonchev–Trinajstić information content (AvgIpc) is 2.59. The predicted molar refractivity (Wildman–Crippen MR) is 79.9 cm³/mol. The van der Waals surface area contributed by atoms with E-state index >= 15 is 0 Å². The summed E-state index contributed by atoms with van der Waals surface area (Å²) >= 11 is 0. The molecule has 2 aromatic rings. The van der Waals surface area contributed by atoms with E-state index in [0.29, 0.717) is 5.56 Å². The predicted octanol–water partition coefficient (Wildman–Crippen LogP) is 0.698. The number of carbonyl (C=O) groups is 3.